The van der Waals surface area contributed by atoms with Gasteiger partial charge >= 0.3 is 0 Å². The van der Waals surface area contributed by atoms with Gasteiger partial charge in [0.2, 0.25) is 5.88 Å². The molecule has 9 heteroatoms. The van der Waals surface area contributed by atoms with E-state index >= 15 is 4.39 Å². The largest absolute Gasteiger partial charge is 0.507 e. The monoisotopic (exact) mass is 410 g/mol. The quantitative estimate of drug-likeness (QED) is 0.682. The van der Waals surface area contributed by atoms with Gasteiger partial charge in [-0.2, -0.15) is 0 Å². The third kappa shape index (κ3) is 3.00. The molecule has 156 valence electrons. The number of fused-ring (bicyclic) bond motifs is 3. The minimum atomic E-state index is -1.13. The zero-order valence-electron chi connectivity index (χ0n) is 16.8. The Morgan fingerprint density at radius 2 is 2.07 bits per heavy atom. The summed E-state index contributed by atoms with van der Waals surface area (Å²) in [6.45, 7) is 4.67. The molecule has 30 heavy (non-hydrogen) atoms. The van der Waals surface area contributed by atoms with Crippen LogP contribution in [0.2, 0.25) is 0 Å². The third-order valence-corrected chi connectivity index (χ3v) is 6.51. The van der Waals surface area contributed by atoms with Crippen LogP contribution in [0.15, 0.2) is 42.7 Å². The Morgan fingerprint density at radius 3 is 2.70 bits per heavy atom. The first kappa shape index (κ1) is 18.9. The fourth-order valence-corrected chi connectivity index (χ4v) is 4.38. The third-order valence-electron chi connectivity index (χ3n) is 6.51. The zero-order valence-corrected chi connectivity index (χ0v) is 16.8. The maximum absolute atomic E-state index is 15.1. The molecular weight excluding hydrogens is 387 g/mol. The molecule has 1 aromatic carbocycles. The number of halogens is 1. The minimum Gasteiger partial charge on any atom is -0.507 e. The summed E-state index contributed by atoms with van der Waals surface area (Å²) in [4.78, 5) is 0. The topological polar surface area (TPSA) is 98.0 Å². The van der Waals surface area contributed by atoms with Gasteiger partial charge in [0.05, 0.1) is 29.3 Å². The van der Waals surface area contributed by atoms with Gasteiger partial charge in [0.1, 0.15) is 11.9 Å². The molecule has 2 saturated heterocycles. The summed E-state index contributed by atoms with van der Waals surface area (Å²) in [5, 5.41) is 29.7. The molecular formula is C21H23FN6O2. The van der Waals surface area contributed by atoms with Crippen LogP contribution in [0.3, 0.4) is 0 Å². The van der Waals surface area contributed by atoms with Gasteiger partial charge < -0.3 is 15.2 Å². The van der Waals surface area contributed by atoms with E-state index in [1.165, 1.54) is 0 Å². The lowest BCUT2D eigenvalue weighted by molar-refractivity contribution is -0.120. The van der Waals surface area contributed by atoms with Gasteiger partial charge in [-0.15, -0.1) is 15.3 Å². The summed E-state index contributed by atoms with van der Waals surface area (Å²) < 4.78 is 22.7. The highest BCUT2D eigenvalue weighted by molar-refractivity contribution is 5.68. The van der Waals surface area contributed by atoms with Crippen molar-refractivity contribution in [3.05, 3.63) is 42.7 Å². The maximum atomic E-state index is 15.1. The molecule has 8 nitrogen and oxygen atoms in total. The Balaban J connectivity index is 1.36. The average molecular weight is 410 g/mol. The number of hydrogen-bond donors (Lipinski definition) is 2. The molecule has 4 atom stereocenters. The first-order chi connectivity index (χ1) is 14.4. The summed E-state index contributed by atoms with van der Waals surface area (Å²) in [5.74, 6) is 0.327. The maximum Gasteiger partial charge on any atom is 0.233 e. The number of nitrogens with zero attached hydrogens (tertiary/aromatic N) is 5. The van der Waals surface area contributed by atoms with Crippen molar-refractivity contribution in [3.63, 3.8) is 0 Å². The number of ether oxygens (including phenoxy) is 1. The van der Waals surface area contributed by atoms with Crippen molar-refractivity contribution in [2.24, 2.45) is 5.41 Å². The van der Waals surface area contributed by atoms with Crippen molar-refractivity contribution in [2.45, 2.75) is 44.5 Å². The number of hydrogen-bond acceptors (Lipinski definition) is 7. The number of aromatic nitrogens is 5. The van der Waals surface area contributed by atoms with Crippen LogP contribution in [0.5, 0.6) is 11.6 Å². The number of phenolic OH excluding ortho intramolecular Hbond substituents is 1. The number of rotatable bonds is 4. The number of piperidine rings is 2. The predicted octanol–water partition coefficient (Wildman–Crippen LogP) is 2.68. The van der Waals surface area contributed by atoms with Crippen molar-refractivity contribution in [1.29, 1.82) is 0 Å². The molecule has 3 aromatic rings. The summed E-state index contributed by atoms with van der Waals surface area (Å²) in [5.41, 5.74) is 0.854. The van der Waals surface area contributed by atoms with E-state index in [0.29, 0.717) is 23.5 Å². The number of nitrogens with one attached hydrogen (secondary N) is 1. The van der Waals surface area contributed by atoms with Gasteiger partial charge in [-0.1, -0.05) is 12.1 Å². The molecule has 3 aliphatic rings. The van der Waals surface area contributed by atoms with Crippen LogP contribution in [0.4, 0.5) is 4.39 Å². The number of benzene rings is 1. The molecule has 0 amide bonds. The van der Waals surface area contributed by atoms with E-state index in [4.69, 9.17) is 4.74 Å². The summed E-state index contributed by atoms with van der Waals surface area (Å²) in [7, 11) is 0. The van der Waals surface area contributed by atoms with Crippen molar-refractivity contribution < 1.29 is 14.2 Å². The SMILES string of the molecule is C[C@@]12CC[C@@](C)(NC1)[C@H](F)[C@H]2Oc1ccc(-c2ccc(-n3ccnn3)cc2O)nn1. The Hall–Kier alpha value is -3.07. The molecule has 4 heterocycles. The number of aromatic hydroxyl groups is 1. The van der Waals surface area contributed by atoms with Gasteiger partial charge in [-0.05, 0) is 38.0 Å². The van der Waals surface area contributed by atoms with Gasteiger partial charge in [0.15, 0.2) is 6.17 Å². The zero-order chi connectivity index (χ0) is 20.9. The minimum absolute atomic E-state index is 0.0471. The second-order valence-electron chi connectivity index (χ2n) is 8.67. The Morgan fingerprint density at radius 1 is 1.20 bits per heavy atom. The molecule has 0 radical (unpaired) electrons. The lowest BCUT2D eigenvalue weighted by Gasteiger charge is -2.56. The molecule has 2 aromatic heterocycles. The van der Waals surface area contributed by atoms with Crippen molar-refractivity contribution in [2.75, 3.05) is 6.54 Å². The van der Waals surface area contributed by atoms with E-state index in [1.807, 2.05) is 13.8 Å². The van der Waals surface area contributed by atoms with Crippen LogP contribution in [0.1, 0.15) is 26.7 Å². The van der Waals surface area contributed by atoms with Gasteiger partial charge in [-0.25, -0.2) is 9.07 Å². The molecule has 0 spiro atoms. The highest BCUT2D eigenvalue weighted by atomic mass is 19.1. The van der Waals surface area contributed by atoms with Gasteiger partial charge in [0, 0.05) is 29.7 Å². The fourth-order valence-electron chi connectivity index (χ4n) is 4.38. The number of alkyl halides is 1. The van der Waals surface area contributed by atoms with E-state index in [-0.39, 0.29) is 17.0 Å². The normalized spacial score (nSPS) is 30.4. The second kappa shape index (κ2) is 6.73. The van der Waals surface area contributed by atoms with Gasteiger partial charge in [0.25, 0.3) is 0 Å². The molecule has 1 aliphatic carbocycles. The standard InChI is InChI=1S/C21H23FN6O2/c1-20-7-8-21(2,23-12-20)18(22)19(20)30-17-6-5-15(25-26-17)14-4-3-13(11-16(14)29)28-10-9-24-27-28/h3-6,9-11,18-19,23,29H,7-8,12H2,1-2H3/t18-,19-,20-,21-/m1/s1. The predicted molar refractivity (Wildman–Crippen MR) is 107 cm³/mol. The first-order valence-electron chi connectivity index (χ1n) is 9.98. The molecule has 2 bridgehead atoms. The molecule has 0 unspecified atom stereocenters. The van der Waals surface area contributed by atoms with Crippen LogP contribution >= 0.6 is 0 Å². The van der Waals surface area contributed by atoms with E-state index in [2.05, 4.69) is 25.8 Å². The fraction of sp³-hybridized carbons (Fsp3) is 0.429. The Bertz CT molecular complexity index is 1050. The van der Waals surface area contributed by atoms with Crippen LogP contribution in [-0.4, -0.2) is 54.7 Å². The first-order valence-corrected chi connectivity index (χ1v) is 9.98. The van der Waals surface area contributed by atoms with Crippen LogP contribution in [0.25, 0.3) is 16.9 Å². The molecule has 2 N–H and O–H groups in total. The summed E-state index contributed by atoms with van der Waals surface area (Å²) in [6, 6.07) is 8.50. The summed E-state index contributed by atoms with van der Waals surface area (Å²) in [6.07, 6.45) is 3.24. The summed E-state index contributed by atoms with van der Waals surface area (Å²) >= 11 is 0. The van der Waals surface area contributed by atoms with Crippen molar-refractivity contribution in [1.82, 2.24) is 30.5 Å². The van der Waals surface area contributed by atoms with E-state index in [0.717, 1.165) is 12.8 Å². The molecule has 2 aliphatic heterocycles. The lowest BCUT2D eigenvalue weighted by Crippen LogP contribution is -2.72. The van der Waals surface area contributed by atoms with Crippen LogP contribution in [0, 0.1) is 5.41 Å². The van der Waals surface area contributed by atoms with Crippen LogP contribution < -0.4 is 10.1 Å². The van der Waals surface area contributed by atoms with Crippen molar-refractivity contribution in [3.8, 4) is 28.6 Å². The van der Waals surface area contributed by atoms with E-state index < -0.39 is 17.8 Å². The smallest absolute Gasteiger partial charge is 0.233 e. The Labute approximate surface area is 173 Å². The molecule has 3 fully saturated rings. The average Bonchev–Trinajstić information content (AvgIpc) is 3.28. The Kier molecular flexibility index (Phi) is 4.25. The van der Waals surface area contributed by atoms with E-state index in [9.17, 15) is 5.11 Å². The van der Waals surface area contributed by atoms with E-state index in [1.54, 1.807) is 47.4 Å². The highest BCUT2D eigenvalue weighted by Gasteiger charge is 2.58. The molecule has 6 rings (SSSR count). The van der Waals surface area contributed by atoms with Gasteiger partial charge in [-0.3, -0.25) is 0 Å². The number of phenols is 1. The highest BCUT2D eigenvalue weighted by Crippen LogP contribution is 2.48. The lowest BCUT2D eigenvalue weighted by atomic mass is 9.61. The van der Waals surface area contributed by atoms with Crippen LogP contribution in [-0.2, 0) is 0 Å². The van der Waals surface area contributed by atoms with Crippen molar-refractivity contribution >= 4 is 0 Å². The molecule has 1 saturated carbocycles. The second-order valence-corrected chi connectivity index (χ2v) is 8.67.